The zero-order chi connectivity index (χ0) is 19.6. The van der Waals surface area contributed by atoms with Crippen molar-refractivity contribution in [2.24, 2.45) is 0 Å². The average Bonchev–Trinajstić information content (AvgIpc) is 3.13. The van der Waals surface area contributed by atoms with Gasteiger partial charge in [-0.3, -0.25) is 0 Å². The number of benzene rings is 1. The minimum Gasteiger partial charge on any atom is -0.478 e. The smallest absolute Gasteiger partial charge is 0.333 e. The van der Waals surface area contributed by atoms with E-state index in [1.54, 1.807) is 24.4 Å². The standard InChI is InChI=1S/C18H14Cl2N2O4S/c19-12-2-1-3-13(20)16(12)22-9-10(17(23)24)8-11(18(25)26)14(22)4-5-15-21-6-7-27-15/h1-3,6-7,9H,4-5,8H2,(H,23,24)(H,25,26). The summed E-state index contributed by atoms with van der Waals surface area (Å²) in [6.07, 6.45) is 3.74. The molecule has 0 spiro atoms. The van der Waals surface area contributed by atoms with Crippen molar-refractivity contribution in [1.29, 1.82) is 0 Å². The Bertz CT molecular complexity index is 934. The van der Waals surface area contributed by atoms with E-state index in [0.29, 0.717) is 34.3 Å². The first-order valence-corrected chi connectivity index (χ1v) is 9.53. The molecule has 0 aliphatic carbocycles. The molecule has 3 rings (SSSR count). The largest absolute Gasteiger partial charge is 0.478 e. The number of rotatable bonds is 6. The summed E-state index contributed by atoms with van der Waals surface area (Å²) in [6.45, 7) is 0. The Morgan fingerprint density at radius 3 is 2.41 bits per heavy atom. The van der Waals surface area contributed by atoms with Gasteiger partial charge in [-0.1, -0.05) is 29.3 Å². The molecule has 0 saturated heterocycles. The third kappa shape index (κ3) is 4.16. The number of allylic oxidation sites excluding steroid dienone is 1. The van der Waals surface area contributed by atoms with Gasteiger partial charge in [0.25, 0.3) is 0 Å². The summed E-state index contributed by atoms with van der Waals surface area (Å²) in [7, 11) is 0. The molecular formula is C18H14Cl2N2O4S. The molecule has 1 aromatic carbocycles. The molecule has 0 amide bonds. The van der Waals surface area contributed by atoms with Crippen molar-refractivity contribution >= 4 is 52.2 Å². The van der Waals surface area contributed by atoms with Crippen molar-refractivity contribution in [2.75, 3.05) is 4.90 Å². The van der Waals surface area contributed by atoms with Crippen LogP contribution in [0, 0.1) is 0 Å². The summed E-state index contributed by atoms with van der Waals surface area (Å²) in [5, 5.41) is 22.4. The molecular weight excluding hydrogens is 411 g/mol. The molecule has 1 aromatic heterocycles. The minimum absolute atomic E-state index is 0.00226. The predicted octanol–water partition coefficient (Wildman–Crippen LogP) is 4.60. The van der Waals surface area contributed by atoms with Gasteiger partial charge in [0.15, 0.2) is 0 Å². The van der Waals surface area contributed by atoms with Gasteiger partial charge in [-0.05, 0) is 18.6 Å². The Labute approximate surface area is 169 Å². The summed E-state index contributed by atoms with van der Waals surface area (Å²) in [5.74, 6) is -2.37. The number of carbonyl (C=O) groups is 2. The van der Waals surface area contributed by atoms with Crippen molar-refractivity contribution in [1.82, 2.24) is 4.98 Å². The quantitative estimate of drug-likeness (QED) is 0.703. The van der Waals surface area contributed by atoms with Gasteiger partial charge in [0, 0.05) is 36.3 Å². The number of hydrogen-bond acceptors (Lipinski definition) is 5. The van der Waals surface area contributed by atoms with Crippen LogP contribution in [0.1, 0.15) is 17.8 Å². The lowest BCUT2D eigenvalue weighted by atomic mass is 9.96. The van der Waals surface area contributed by atoms with Crippen molar-refractivity contribution in [3.8, 4) is 0 Å². The van der Waals surface area contributed by atoms with Crippen LogP contribution in [0.15, 0.2) is 52.8 Å². The average molecular weight is 425 g/mol. The molecule has 1 aliphatic heterocycles. The summed E-state index contributed by atoms with van der Waals surface area (Å²) >= 11 is 14.1. The van der Waals surface area contributed by atoms with Crippen LogP contribution in [-0.4, -0.2) is 27.1 Å². The first-order chi connectivity index (χ1) is 12.9. The molecule has 2 heterocycles. The summed E-state index contributed by atoms with van der Waals surface area (Å²) in [5.41, 5.74) is 0.744. The van der Waals surface area contributed by atoms with Crippen molar-refractivity contribution in [2.45, 2.75) is 19.3 Å². The van der Waals surface area contributed by atoms with Crippen LogP contribution >= 0.6 is 34.5 Å². The monoisotopic (exact) mass is 424 g/mol. The molecule has 1 aliphatic rings. The first kappa shape index (κ1) is 19.4. The van der Waals surface area contributed by atoms with Gasteiger partial charge in [0.05, 0.1) is 31.9 Å². The van der Waals surface area contributed by atoms with Crippen molar-refractivity contribution < 1.29 is 19.8 Å². The van der Waals surface area contributed by atoms with Gasteiger partial charge in [-0.25, -0.2) is 14.6 Å². The zero-order valence-electron chi connectivity index (χ0n) is 13.9. The number of carboxylic acid groups (broad SMARTS) is 2. The van der Waals surface area contributed by atoms with E-state index >= 15 is 0 Å². The fourth-order valence-electron chi connectivity index (χ4n) is 2.84. The number of halogens is 2. The number of aliphatic carboxylic acids is 2. The van der Waals surface area contributed by atoms with Gasteiger partial charge in [0.2, 0.25) is 0 Å². The maximum absolute atomic E-state index is 11.9. The Hall–Kier alpha value is -2.35. The maximum atomic E-state index is 11.9. The molecule has 140 valence electrons. The Kier molecular flexibility index (Phi) is 5.84. The van der Waals surface area contributed by atoms with E-state index in [2.05, 4.69) is 4.98 Å². The van der Waals surface area contributed by atoms with Crippen LogP contribution in [0.2, 0.25) is 10.0 Å². The van der Waals surface area contributed by atoms with Crippen LogP contribution in [0.5, 0.6) is 0 Å². The van der Waals surface area contributed by atoms with Gasteiger partial charge in [-0.2, -0.15) is 0 Å². The molecule has 0 unspecified atom stereocenters. The second-order valence-electron chi connectivity index (χ2n) is 5.73. The Balaban J connectivity index is 2.11. The van der Waals surface area contributed by atoms with E-state index in [-0.39, 0.29) is 17.6 Å². The third-order valence-electron chi connectivity index (χ3n) is 4.06. The fraction of sp³-hybridized carbons (Fsp3) is 0.167. The Morgan fingerprint density at radius 1 is 1.15 bits per heavy atom. The van der Waals surface area contributed by atoms with E-state index in [0.717, 1.165) is 5.01 Å². The molecule has 9 heteroatoms. The van der Waals surface area contributed by atoms with Gasteiger partial charge < -0.3 is 15.1 Å². The van der Waals surface area contributed by atoms with Crippen LogP contribution < -0.4 is 4.90 Å². The highest BCUT2D eigenvalue weighted by Gasteiger charge is 2.30. The number of aryl methyl sites for hydroxylation is 1. The molecule has 27 heavy (non-hydrogen) atoms. The third-order valence-corrected chi connectivity index (χ3v) is 5.51. The highest BCUT2D eigenvalue weighted by Crippen LogP contribution is 2.40. The number of para-hydroxylation sites is 1. The number of anilines is 1. The first-order valence-electron chi connectivity index (χ1n) is 7.89. The van der Waals surface area contributed by atoms with Gasteiger partial charge >= 0.3 is 11.9 Å². The van der Waals surface area contributed by atoms with Crippen LogP contribution in [0.25, 0.3) is 0 Å². The van der Waals surface area contributed by atoms with Crippen LogP contribution in [0.3, 0.4) is 0 Å². The van der Waals surface area contributed by atoms with E-state index in [1.165, 1.54) is 22.4 Å². The van der Waals surface area contributed by atoms with Crippen molar-refractivity contribution in [3.05, 3.63) is 67.9 Å². The predicted molar refractivity (Wildman–Crippen MR) is 104 cm³/mol. The number of thiazole rings is 1. The SMILES string of the molecule is O=C(O)C1=CN(c2c(Cl)cccc2Cl)C(CCc2nccs2)=C(C(=O)O)C1. The van der Waals surface area contributed by atoms with Gasteiger partial charge in [0.1, 0.15) is 0 Å². The fourth-order valence-corrected chi connectivity index (χ4v) is 4.04. The highest BCUT2D eigenvalue weighted by molar-refractivity contribution is 7.09. The minimum atomic E-state index is -1.19. The normalized spacial score (nSPS) is 14.3. The zero-order valence-corrected chi connectivity index (χ0v) is 16.2. The van der Waals surface area contributed by atoms with E-state index in [9.17, 15) is 19.8 Å². The lowest BCUT2D eigenvalue weighted by Crippen LogP contribution is -2.28. The lowest BCUT2D eigenvalue weighted by Gasteiger charge is -2.31. The van der Waals surface area contributed by atoms with Crippen LogP contribution in [0.4, 0.5) is 5.69 Å². The van der Waals surface area contributed by atoms with E-state index in [4.69, 9.17) is 23.2 Å². The second kappa shape index (κ2) is 8.12. The number of carboxylic acids is 2. The van der Waals surface area contributed by atoms with Crippen LogP contribution in [-0.2, 0) is 16.0 Å². The molecule has 2 aromatic rings. The van der Waals surface area contributed by atoms with E-state index in [1.807, 2.05) is 5.38 Å². The topological polar surface area (TPSA) is 90.7 Å². The molecule has 0 radical (unpaired) electrons. The second-order valence-corrected chi connectivity index (χ2v) is 7.53. The van der Waals surface area contributed by atoms with Gasteiger partial charge in [-0.15, -0.1) is 11.3 Å². The molecule has 2 N–H and O–H groups in total. The number of aromatic nitrogens is 1. The molecule has 0 bridgehead atoms. The molecule has 0 fully saturated rings. The van der Waals surface area contributed by atoms with Crippen molar-refractivity contribution in [3.63, 3.8) is 0 Å². The summed E-state index contributed by atoms with van der Waals surface area (Å²) in [6, 6.07) is 4.89. The lowest BCUT2D eigenvalue weighted by molar-refractivity contribution is -0.133. The highest BCUT2D eigenvalue weighted by atomic mass is 35.5. The maximum Gasteiger partial charge on any atom is 0.333 e. The summed E-state index contributed by atoms with van der Waals surface area (Å²) in [4.78, 5) is 29.1. The molecule has 0 saturated carbocycles. The number of hydrogen-bond donors (Lipinski definition) is 2. The van der Waals surface area contributed by atoms with E-state index < -0.39 is 11.9 Å². The summed E-state index contributed by atoms with van der Waals surface area (Å²) < 4.78 is 0. The molecule has 6 nitrogen and oxygen atoms in total. The Morgan fingerprint density at radius 2 is 1.85 bits per heavy atom. The number of nitrogens with zero attached hydrogens (tertiary/aromatic N) is 2. The molecule has 0 atom stereocenters.